The van der Waals surface area contributed by atoms with Gasteiger partial charge in [-0.2, -0.15) is 0 Å². The van der Waals surface area contributed by atoms with Gasteiger partial charge < -0.3 is 15.4 Å². The van der Waals surface area contributed by atoms with Gasteiger partial charge in [-0.25, -0.2) is 4.39 Å². The van der Waals surface area contributed by atoms with Crippen LogP contribution in [0.5, 0.6) is 0 Å². The van der Waals surface area contributed by atoms with Crippen molar-refractivity contribution in [2.75, 3.05) is 20.2 Å². The largest absolute Gasteiger partial charge is 0.370 e. The van der Waals surface area contributed by atoms with Crippen molar-refractivity contribution in [3.63, 3.8) is 0 Å². The molecule has 2 N–H and O–H groups in total. The number of amides is 2. The highest BCUT2D eigenvalue weighted by Gasteiger charge is 2.41. The fourth-order valence-electron chi connectivity index (χ4n) is 3.16. The number of nitrogens with zero attached hydrogens (tertiary/aromatic N) is 1. The van der Waals surface area contributed by atoms with Crippen molar-refractivity contribution in [3.05, 3.63) is 35.6 Å². The lowest BCUT2D eigenvalue weighted by Gasteiger charge is -2.38. The lowest BCUT2D eigenvalue weighted by molar-refractivity contribution is -0.156. The summed E-state index contributed by atoms with van der Waals surface area (Å²) in [4.78, 5) is 25.7. The first kappa shape index (κ1) is 17.4. The van der Waals surface area contributed by atoms with Crippen molar-refractivity contribution in [3.8, 4) is 0 Å². The van der Waals surface area contributed by atoms with E-state index in [1.165, 1.54) is 13.2 Å². The Balaban J connectivity index is 2.22. The Morgan fingerprint density at radius 1 is 1.43 bits per heavy atom. The number of halogens is 1. The van der Waals surface area contributed by atoms with Gasteiger partial charge in [0.2, 0.25) is 5.91 Å². The highest BCUT2D eigenvalue weighted by Crippen LogP contribution is 2.31. The van der Waals surface area contributed by atoms with Gasteiger partial charge in [0.1, 0.15) is 5.82 Å². The zero-order valence-corrected chi connectivity index (χ0v) is 13.5. The molecule has 0 spiro atoms. The minimum absolute atomic E-state index is 0.0481. The van der Waals surface area contributed by atoms with E-state index in [0.717, 1.165) is 12.8 Å². The number of methoxy groups -OCH3 is 1. The van der Waals surface area contributed by atoms with E-state index < -0.39 is 11.4 Å². The maximum atomic E-state index is 14.1. The van der Waals surface area contributed by atoms with E-state index in [0.29, 0.717) is 13.1 Å². The quantitative estimate of drug-likeness (QED) is 0.898. The maximum Gasteiger partial charge on any atom is 0.259 e. The van der Waals surface area contributed by atoms with Gasteiger partial charge in [0.25, 0.3) is 5.91 Å². The zero-order valence-electron chi connectivity index (χ0n) is 13.5. The van der Waals surface area contributed by atoms with E-state index in [2.05, 4.69) is 0 Å². The molecule has 5 nitrogen and oxygen atoms in total. The first-order valence-corrected chi connectivity index (χ1v) is 7.76. The number of primary amides is 1. The van der Waals surface area contributed by atoms with Crippen LogP contribution in [-0.4, -0.2) is 36.9 Å². The molecule has 2 amide bonds. The number of carbonyl (C=O) groups is 2. The van der Waals surface area contributed by atoms with E-state index in [1.54, 1.807) is 30.0 Å². The summed E-state index contributed by atoms with van der Waals surface area (Å²) in [6, 6.07) is 6.12. The van der Waals surface area contributed by atoms with Crippen LogP contribution in [-0.2, 0) is 19.9 Å². The summed E-state index contributed by atoms with van der Waals surface area (Å²) in [5.41, 5.74) is 4.07. The Morgan fingerprint density at radius 3 is 2.74 bits per heavy atom. The summed E-state index contributed by atoms with van der Waals surface area (Å²) < 4.78 is 19.5. The summed E-state index contributed by atoms with van der Waals surface area (Å²) in [6.07, 6.45) is 1.91. The summed E-state index contributed by atoms with van der Waals surface area (Å²) in [5, 5.41) is 0. The van der Waals surface area contributed by atoms with Crippen molar-refractivity contribution in [1.29, 1.82) is 0 Å². The molecule has 6 heteroatoms. The van der Waals surface area contributed by atoms with Crippen molar-refractivity contribution in [1.82, 2.24) is 4.90 Å². The molecule has 2 unspecified atom stereocenters. The van der Waals surface area contributed by atoms with E-state index in [4.69, 9.17) is 10.5 Å². The molecule has 126 valence electrons. The average Bonchev–Trinajstić information content (AvgIpc) is 2.53. The number of benzene rings is 1. The van der Waals surface area contributed by atoms with Crippen LogP contribution >= 0.6 is 0 Å². The van der Waals surface area contributed by atoms with Crippen LogP contribution in [0.25, 0.3) is 0 Å². The number of likely N-dealkylation sites (tertiary alicyclic amines) is 1. The van der Waals surface area contributed by atoms with Gasteiger partial charge in [-0.05, 0) is 31.7 Å². The molecule has 1 aromatic carbocycles. The summed E-state index contributed by atoms with van der Waals surface area (Å²) in [6.45, 7) is 2.59. The fourth-order valence-corrected chi connectivity index (χ4v) is 3.16. The first-order valence-electron chi connectivity index (χ1n) is 7.76. The van der Waals surface area contributed by atoms with E-state index >= 15 is 0 Å². The third-order valence-electron chi connectivity index (χ3n) is 4.50. The number of rotatable bonds is 5. The number of ether oxygens (including phenoxy) is 1. The Hall–Kier alpha value is -1.95. The Bertz CT molecular complexity index is 593. The average molecular weight is 322 g/mol. The van der Waals surface area contributed by atoms with Crippen molar-refractivity contribution >= 4 is 11.8 Å². The smallest absolute Gasteiger partial charge is 0.259 e. The molecule has 0 saturated carbocycles. The van der Waals surface area contributed by atoms with Gasteiger partial charge in [-0.3, -0.25) is 9.59 Å². The molecular weight excluding hydrogens is 299 g/mol. The number of hydrogen-bond donors (Lipinski definition) is 1. The second kappa shape index (κ2) is 7.08. The number of piperidine rings is 1. The highest BCUT2D eigenvalue weighted by atomic mass is 19.1. The zero-order chi connectivity index (χ0) is 17.0. The van der Waals surface area contributed by atoms with Gasteiger partial charge in [-0.15, -0.1) is 0 Å². The Morgan fingerprint density at radius 2 is 2.13 bits per heavy atom. The predicted molar refractivity (Wildman–Crippen MR) is 83.9 cm³/mol. The lowest BCUT2D eigenvalue weighted by Crippen LogP contribution is -2.50. The minimum atomic E-state index is -1.39. The molecule has 0 radical (unpaired) electrons. The summed E-state index contributed by atoms with van der Waals surface area (Å²) in [7, 11) is 1.40. The molecule has 0 aliphatic carbocycles. The van der Waals surface area contributed by atoms with E-state index in [-0.39, 0.29) is 29.7 Å². The van der Waals surface area contributed by atoms with Crippen LogP contribution in [0.4, 0.5) is 4.39 Å². The van der Waals surface area contributed by atoms with Gasteiger partial charge in [0, 0.05) is 32.2 Å². The molecule has 2 rings (SSSR count). The van der Waals surface area contributed by atoms with Crippen LogP contribution in [0.15, 0.2) is 24.3 Å². The topological polar surface area (TPSA) is 72.6 Å². The van der Waals surface area contributed by atoms with Crippen LogP contribution in [0.2, 0.25) is 0 Å². The van der Waals surface area contributed by atoms with Gasteiger partial charge in [-0.1, -0.05) is 18.2 Å². The van der Waals surface area contributed by atoms with Crippen LogP contribution in [0, 0.1) is 11.7 Å². The molecule has 1 aliphatic rings. The molecule has 0 bridgehead atoms. The molecule has 0 aromatic heterocycles. The molecule has 1 heterocycles. The SMILES string of the molecule is COC(C)(C(=O)N1CCCC(CC(N)=O)C1)c1ccccc1F. The first-order chi connectivity index (χ1) is 10.9. The van der Waals surface area contributed by atoms with Crippen molar-refractivity contribution in [2.45, 2.75) is 31.8 Å². The van der Waals surface area contributed by atoms with Crippen LogP contribution in [0.3, 0.4) is 0 Å². The highest BCUT2D eigenvalue weighted by molar-refractivity contribution is 5.86. The molecule has 1 aromatic rings. The predicted octanol–water partition coefficient (Wildman–Crippen LogP) is 1.80. The second-order valence-electron chi connectivity index (χ2n) is 6.15. The normalized spacial score (nSPS) is 20.8. The molecule has 1 saturated heterocycles. The van der Waals surface area contributed by atoms with Crippen LogP contribution in [0.1, 0.15) is 31.7 Å². The monoisotopic (exact) mass is 322 g/mol. The van der Waals surface area contributed by atoms with E-state index in [9.17, 15) is 14.0 Å². The standard InChI is InChI=1S/C17H23FN2O3/c1-17(23-2,13-7-3-4-8-14(13)18)16(22)20-9-5-6-12(11-20)10-15(19)21/h3-4,7-8,12H,5-6,9-11H2,1-2H3,(H2,19,21). The summed E-state index contributed by atoms with van der Waals surface area (Å²) >= 11 is 0. The van der Waals surface area contributed by atoms with Gasteiger partial charge in [0.15, 0.2) is 5.60 Å². The Labute approximate surface area is 135 Å². The lowest BCUT2D eigenvalue weighted by atomic mass is 9.90. The molecule has 23 heavy (non-hydrogen) atoms. The third kappa shape index (κ3) is 3.69. The third-order valence-corrected chi connectivity index (χ3v) is 4.50. The minimum Gasteiger partial charge on any atom is -0.370 e. The number of hydrogen-bond acceptors (Lipinski definition) is 3. The molecule has 1 fully saturated rings. The summed E-state index contributed by atoms with van der Waals surface area (Å²) in [5.74, 6) is -1.09. The van der Waals surface area contributed by atoms with Crippen molar-refractivity contribution < 1.29 is 18.7 Å². The number of nitrogens with two attached hydrogens (primary N) is 1. The Kier molecular flexibility index (Phi) is 5.36. The van der Waals surface area contributed by atoms with Crippen molar-refractivity contribution in [2.24, 2.45) is 11.7 Å². The molecule has 1 aliphatic heterocycles. The van der Waals surface area contributed by atoms with Gasteiger partial charge >= 0.3 is 0 Å². The van der Waals surface area contributed by atoms with E-state index in [1.807, 2.05) is 0 Å². The second-order valence-corrected chi connectivity index (χ2v) is 6.15. The van der Waals surface area contributed by atoms with Crippen LogP contribution < -0.4 is 5.73 Å². The number of carbonyl (C=O) groups excluding carboxylic acids is 2. The van der Waals surface area contributed by atoms with Gasteiger partial charge in [0.05, 0.1) is 0 Å². The molecule has 2 atom stereocenters. The fraction of sp³-hybridized carbons (Fsp3) is 0.529. The molecular formula is C17H23FN2O3. The maximum absolute atomic E-state index is 14.1.